The van der Waals surface area contributed by atoms with Crippen LogP contribution in [0.5, 0.6) is 16.7 Å². The first kappa shape index (κ1) is 15.3. The van der Waals surface area contributed by atoms with Crippen molar-refractivity contribution in [2.75, 3.05) is 7.11 Å². The highest BCUT2D eigenvalue weighted by atomic mass is 32.1. The zero-order valence-corrected chi connectivity index (χ0v) is 13.9. The molecular weight excluding hydrogens is 340 g/mol. The quantitative estimate of drug-likeness (QED) is 0.512. The number of aromatic nitrogens is 4. The fraction of sp³-hybridized carbons (Fsp3) is 0.0588. The van der Waals surface area contributed by atoms with Crippen LogP contribution in [-0.4, -0.2) is 33.0 Å². The zero-order chi connectivity index (χ0) is 17.2. The van der Waals surface area contributed by atoms with Gasteiger partial charge in [-0.2, -0.15) is 0 Å². The van der Waals surface area contributed by atoms with E-state index in [1.54, 1.807) is 35.1 Å². The van der Waals surface area contributed by atoms with Crippen LogP contribution in [0.3, 0.4) is 0 Å². The van der Waals surface area contributed by atoms with Crippen molar-refractivity contribution >= 4 is 22.6 Å². The lowest BCUT2D eigenvalue weighted by molar-refractivity contribution is 0.112. The van der Waals surface area contributed by atoms with E-state index >= 15 is 0 Å². The van der Waals surface area contributed by atoms with E-state index in [0.29, 0.717) is 27.2 Å². The highest BCUT2D eigenvalue weighted by Gasteiger charge is 2.13. The van der Waals surface area contributed by atoms with E-state index in [4.69, 9.17) is 9.47 Å². The van der Waals surface area contributed by atoms with E-state index in [1.807, 2.05) is 18.3 Å². The Balaban J connectivity index is 1.63. The maximum Gasteiger partial charge on any atom is 0.300 e. The van der Waals surface area contributed by atoms with Crippen LogP contribution in [-0.2, 0) is 0 Å². The molecule has 124 valence electrons. The minimum absolute atomic E-state index is 0.428. The molecule has 0 bridgehead atoms. The fourth-order valence-corrected chi connectivity index (χ4v) is 3.06. The van der Waals surface area contributed by atoms with Crippen LogP contribution in [0.15, 0.2) is 48.9 Å². The van der Waals surface area contributed by atoms with Gasteiger partial charge in [-0.3, -0.25) is 9.78 Å². The maximum absolute atomic E-state index is 10.9. The van der Waals surface area contributed by atoms with Crippen LogP contribution in [0.4, 0.5) is 0 Å². The summed E-state index contributed by atoms with van der Waals surface area (Å²) in [5.41, 5.74) is 2.24. The van der Waals surface area contributed by atoms with Crippen LogP contribution in [0.2, 0.25) is 0 Å². The number of methoxy groups -OCH3 is 1. The Kier molecular flexibility index (Phi) is 3.87. The number of rotatable bonds is 5. The zero-order valence-electron chi connectivity index (χ0n) is 13.1. The smallest absolute Gasteiger partial charge is 0.300 e. The molecule has 0 saturated carbocycles. The molecule has 0 unspecified atom stereocenters. The summed E-state index contributed by atoms with van der Waals surface area (Å²) in [6.45, 7) is 0. The molecular formula is C17H12N4O3S. The Bertz CT molecular complexity index is 1010. The predicted octanol–water partition coefficient (Wildman–Crippen LogP) is 3.47. The van der Waals surface area contributed by atoms with Crippen molar-refractivity contribution in [1.82, 2.24) is 19.6 Å². The molecule has 0 N–H and O–H groups in total. The third-order valence-corrected chi connectivity index (χ3v) is 4.30. The number of aldehydes is 1. The molecule has 3 heterocycles. The lowest BCUT2D eigenvalue weighted by atomic mass is 10.2. The van der Waals surface area contributed by atoms with Gasteiger partial charge in [0.1, 0.15) is 6.29 Å². The number of carbonyl (C=O) groups excluding carboxylic acids is 1. The number of carbonyl (C=O) groups is 1. The van der Waals surface area contributed by atoms with Crippen LogP contribution in [0.25, 0.3) is 16.2 Å². The number of pyridine rings is 1. The van der Waals surface area contributed by atoms with Crippen molar-refractivity contribution < 1.29 is 14.3 Å². The van der Waals surface area contributed by atoms with Gasteiger partial charge in [0, 0.05) is 23.5 Å². The highest BCUT2D eigenvalue weighted by molar-refractivity contribution is 7.18. The largest absolute Gasteiger partial charge is 0.493 e. The monoisotopic (exact) mass is 352 g/mol. The van der Waals surface area contributed by atoms with E-state index < -0.39 is 0 Å². The van der Waals surface area contributed by atoms with Crippen molar-refractivity contribution in [2.45, 2.75) is 0 Å². The van der Waals surface area contributed by atoms with E-state index in [-0.39, 0.29) is 0 Å². The normalized spacial score (nSPS) is 10.8. The second-order valence-corrected chi connectivity index (χ2v) is 6.01. The van der Waals surface area contributed by atoms with E-state index in [0.717, 1.165) is 17.5 Å². The van der Waals surface area contributed by atoms with Gasteiger partial charge in [-0.15, -0.1) is 5.10 Å². The molecule has 8 heteroatoms. The lowest BCUT2D eigenvalue weighted by Gasteiger charge is -2.07. The number of nitrogens with zero attached hydrogens (tertiary/aromatic N) is 4. The van der Waals surface area contributed by atoms with Crippen molar-refractivity contribution in [3.05, 3.63) is 54.5 Å². The van der Waals surface area contributed by atoms with Gasteiger partial charge in [0.2, 0.25) is 4.96 Å². The molecule has 3 aromatic heterocycles. The first-order chi connectivity index (χ1) is 12.3. The molecule has 0 amide bonds. The van der Waals surface area contributed by atoms with Gasteiger partial charge in [0.25, 0.3) is 5.19 Å². The van der Waals surface area contributed by atoms with Gasteiger partial charge in [-0.25, -0.2) is 9.50 Å². The summed E-state index contributed by atoms with van der Waals surface area (Å²) in [7, 11) is 1.52. The van der Waals surface area contributed by atoms with Crippen molar-refractivity contribution in [1.29, 1.82) is 0 Å². The Morgan fingerprint density at radius 2 is 2.16 bits per heavy atom. The number of benzene rings is 1. The molecule has 0 saturated heterocycles. The predicted molar refractivity (Wildman–Crippen MR) is 92.6 cm³/mol. The summed E-state index contributed by atoms with van der Waals surface area (Å²) >= 11 is 1.31. The summed E-state index contributed by atoms with van der Waals surface area (Å²) < 4.78 is 12.7. The molecule has 0 atom stereocenters. The minimum Gasteiger partial charge on any atom is -0.493 e. The summed E-state index contributed by atoms with van der Waals surface area (Å²) in [5, 5.41) is 4.81. The number of imidazole rings is 1. The van der Waals surface area contributed by atoms with E-state index in [1.165, 1.54) is 18.4 Å². The van der Waals surface area contributed by atoms with Gasteiger partial charge in [-0.1, -0.05) is 0 Å². The van der Waals surface area contributed by atoms with E-state index in [9.17, 15) is 4.79 Å². The van der Waals surface area contributed by atoms with Crippen LogP contribution >= 0.6 is 11.3 Å². The molecule has 0 fully saturated rings. The Morgan fingerprint density at radius 1 is 1.24 bits per heavy atom. The number of hydrogen-bond acceptors (Lipinski definition) is 7. The first-order valence-corrected chi connectivity index (χ1v) is 8.16. The summed E-state index contributed by atoms with van der Waals surface area (Å²) in [5.74, 6) is 0.950. The number of fused-ring (bicyclic) bond motifs is 1. The number of ether oxygens (including phenoxy) is 2. The second-order valence-electron chi connectivity index (χ2n) is 5.09. The molecule has 0 radical (unpaired) electrons. The maximum atomic E-state index is 10.9. The van der Waals surface area contributed by atoms with Gasteiger partial charge >= 0.3 is 0 Å². The van der Waals surface area contributed by atoms with Crippen molar-refractivity contribution in [3.8, 4) is 28.0 Å². The lowest BCUT2D eigenvalue weighted by Crippen LogP contribution is -1.92. The van der Waals surface area contributed by atoms with Gasteiger partial charge in [0.15, 0.2) is 11.5 Å². The van der Waals surface area contributed by atoms with Crippen LogP contribution in [0.1, 0.15) is 10.4 Å². The second kappa shape index (κ2) is 6.33. The summed E-state index contributed by atoms with van der Waals surface area (Å²) in [6.07, 6.45) is 6.05. The molecule has 1 aromatic carbocycles. The number of hydrogen-bond donors (Lipinski definition) is 0. The van der Waals surface area contributed by atoms with E-state index in [2.05, 4.69) is 15.1 Å². The molecule has 0 spiro atoms. The van der Waals surface area contributed by atoms with Crippen LogP contribution in [0, 0.1) is 0 Å². The topological polar surface area (TPSA) is 78.6 Å². The summed E-state index contributed by atoms with van der Waals surface area (Å²) in [4.78, 5) is 20.2. The van der Waals surface area contributed by atoms with Crippen LogP contribution < -0.4 is 9.47 Å². The Hall–Kier alpha value is -3.26. The van der Waals surface area contributed by atoms with Gasteiger partial charge < -0.3 is 9.47 Å². The average Bonchev–Trinajstić information content (AvgIpc) is 3.21. The minimum atomic E-state index is 0.428. The average molecular weight is 352 g/mol. The summed E-state index contributed by atoms with van der Waals surface area (Å²) in [6, 6.07) is 8.75. The Morgan fingerprint density at radius 3 is 2.88 bits per heavy atom. The first-order valence-electron chi connectivity index (χ1n) is 7.34. The van der Waals surface area contributed by atoms with Crippen molar-refractivity contribution in [2.24, 2.45) is 0 Å². The molecule has 7 nitrogen and oxygen atoms in total. The molecule has 0 aliphatic rings. The van der Waals surface area contributed by atoms with Crippen molar-refractivity contribution in [3.63, 3.8) is 0 Å². The SMILES string of the molecule is COc1cc(C=O)ccc1Oc1nn2cc(-c3cccnc3)nc2s1. The molecule has 0 aliphatic carbocycles. The fourth-order valence-electron chi connectivity index (χ4n) is 2.31. The Labute approximate surface area is 146 Å². The standard InChI is InChI=1S/C17H12N4O3S/c1-23-15-7-11(10-22)4-5-14(15)24-17-20-21-9-13(19-16(21)25-17)12-3-2-6-18-8-12/h2-10H,1H3. The molecule has 4 rings (SSSR count). The van der Waals surface area contributed by atoms with Gasteiger partial charge in [0.05, 0.1) is 19.0 Å². The van der Waals surface area contributed by atoms with Gasteiger partial charge in [-0.05, 0) is 41.7 Å². The highest BCUT2D eigenvalue weighted by Crippen LogP contribution is 2.34. The molecule has 4 aromatic rings. The molecule has 25 heavy (non-hydrogen) atoms. The third-order valence-electron chi connectivity index (χ3n) is 3.50. The molecule has 0 aliphatic heterocycles. The third kappa shape index (κ3) is 2.94.